The maximum absolute atomic E-state index is 14.0. The fourth-order valence-electron chi connectivity index (χ4n) is 18.0. The Bertz CT molecular complexity index is 5350. The summed E-state index contributed by atoms with van der Waals surface area (Å²) in [6.45, 7) is 6.22. The van der Waals surface area contributed by atoms with E-state index in [4.69, 9.17) is 34.4 Å². The maximum atomic E-state index is 14.0. The highest BCUT2D eigenvalue weighted by molar-refractivity contribution is 5.98. The zero-order valence-corrected chi connectivity index (χ0v) is 73.6. The van der Waals surface area contributed by atoms with E-state index in [0.29, 0.717) is 136 Å². The average Bonchev–Trinajstić information content (AvgIpc) is 1.75. The molecule has 15 rings (SSSR count). The first-order valence-corrected chi connectivity index (χ1v) is 45.5. The molecule has 0 spiro atoms. The molecule has 25 nitrogen and oxygen atoms in total. The molecule has 0 radical (unpaired) electrons. The van der Waals surface area contributed by atoms with Crippen molar-refractivity contribution in [3.8, 4) is 0 Å². The lowest BCUT2D eigenvalue weighted by Crippen LogP contribution is -2.49. The first kappa shape index (κ1) is 93.2. The quantitative estimate of drug-likeness (QED) is 0.0101. The minimum atomic E-state index is -0.413. The van der Waals surface area contributed by atoms with Crippen LogP contribution in [-0.4, -0.2) is 188 Å². The lowest BCUT2D eigenvalue weighted by atomic mass is 9.83. The number of aromatic amines is 1. The van der Waals surface area contributed by atoms with Crippen molar-refractivity contribution in [3.05, 3.63) is 335 Å². The first-order valence-electron chi connectivity index (χ1n) is 45.5. The van der Waals surface area contributed by atoms with Crippen molar-refractivity contribution in [2.45, 2.75) is 137 Å². The number of aliphatic imine (C=N–C) groups is 3. The van der Waals surface area contributed by atoms with Gasteiger partial charge in [-0.05, 0) is 150 Å². The molecular weight excluding hydrogens is 1610 g/mol. The van der Waals surface area contributed by atoms with Gasteiger partial charge in [-0.15, -0.1) is 0 Å². The number of aromatic nitrogens is 1. The number of rotatable bonds is 34. The summed E-state index contributed by atoms with van der Waals surface area (Å²) in [5.41, 5.74) is 45.2. The van der Waals surface area contributed by atoms with Crippen molar-refractivity contribution in [2.75, 3.05) is 78.5 Å². The number of nitrogens with two attached hydrogens (primary N) is 6. The standard InChI is InChI=1S/C36H42N6O2.C35H44N6O2.C33H39N7O2/c37-36(38)39-20-9-16-33-35(44)42(25-32(28-11-3-1-4-12-28)29-13-5-2-6-14-29)21-19-31(41-33)24-40-34(43)23-26-17-18-27-10-7-8-15-30(27)22-26;36-35(37)38-20-9-16-32-34(43)41(24-31(26-11-3-1-4-12-26)27-13-5-2-6-14-27)21-19-30(40-32)23-39-33(42)29-18-17-25-10-7-8-15-28(25)22-29;34-33(35)36-18-9-16-29-32(42)40(22-27(23-10-3-1-4-11-23)24-12-5-2-6-13-24)19-17-26(38-29)21-37-31(41)30-20-25-14-7-8-15-28(25)39-30/h1-8,10-15,17-18,22,31-33,41H,9,16,19-21,23-25H2,(H,40,43)(H4,37,38,39);1-8,10-15,29-32,40H,9,16-24H2,(H,39,42)(H4,36,37,38);1-8,10-15,20,26-27,29,38-39H,9,16-19,21-22H2,(H,37,41)(H4,34,35,36)/t31-,33-;29?,30-,32-;26-,29-/m000/s1. The van der Waals surface area contributed by atoms with Gasteiger partial charge < -0.3 is 86.0 Å². The third-order valence-electron chi connectivity index (χ3n) is 24.9. The van der Waals surface area contributed by atoms with E-state index in [1.165, 1.54) is 44.5 Å². The minimum absolute atomic E-state index is 0.0197. The number of nitrogens with zero attached hydrogens (tertiary/aromatic N) is 6. The number of carbonyl (C=O) groups is 6. The lowest BCUT2D eigenvalue weighted by molar-refractivity contribution is -0.133. The van der Waals surface area contributed by atoms with Gasteiger partial charge in [0, 0.05) is 131 Å². The molecule has 4 heterocycles. The normalized spacial score (nSPS) is 18.1. The zero-order chi connectivity index (χ0) is 90.1. The number of fused-ring (bicyclic) bond motifs is 3. The number of H-pyrrole nitrogens is 1. The zero-order valence-electron chi connectivity index (χ0n) is 73.6. The maximum Gasteiger partial charge on any atom is 0.267 e. The van der Waals surface area contributed by atoms with E-state index in [0.717, 1.165) is 59.3 Å². The monoisotopic (exact) mass is 1740 g/mol. The Morgan fingerprint density at radius 3 is 1.14 bits per heavy atom. The molecule has 1 unspecified atom stereocenters. The highest BCUT2D eigenvalue weighted by Gasteiger charge is 2.37. The minimum Gasteiger partial charge on any atom is -0.370 e. The number of para-hydroxylation sites is 1. The smallest absolute Gasteiger partial charge is 0.267 e. The van der Waals surface area contributed by atoms with Crippen LogP contribution in [0.25, 0.3) is 21.7 Å². The molecule has 25 heteroatoms. The Morgan fingerprint density at radius 1 is 0.380 bits per heavy atom. The number of carbonyl (C=O) groups excluding carboxylic acids is 6. The second-order valence-corrected chi connectivity index (χ2v) is 34.0. The number of amides is 6. The summed E-state index contributed by atoms with van der Waals surface area (Å²) < 4.78 is 0. The molecule has 1 aromatic heterocycles. The summed E-state index contributed by atoms with van der Waals surface area (Å²) in [5.74, 6) is 0.365. The third kappa shape index (κ3) is 27.8. The number of aryl methyl sites for hydroxylation is 1. The van der Waals surface area contributed by atoms with Crippen LogP contribution in [0, 0.1) is 5.92 Å². The summed E-state index contributed by atoms with van der Waals surface area (Å²) >= 11 is 0. The summed E-state index contributed by atoms with van der Waals surface area (Å²) in [6, 6.07) is 93.1. The number of hydrogen-bond acceptors (Lipinski definition) is 12. The van der Waals surface area contributed by atoms with Crippen LogP contribution in [0.2, 0.25) is 0 Å². The van der Waals surface area contributed by atoms with Crippen molar-refractivity contribution in [1.29, 1.82) is 0 Å². The SMILES string of the molecule is NC(N)=NCCC[C@@H]1N[C@H](CNC(=O)C2CCc3ccccc3C2)CCN(CC(c2ccccc2)c2ccccc2)C1=O.NC(N)=NCCC[C@@H]1N[C@H](CNC(=O)Cc2ccc3ccccc3c2)CCN(CC(c2ccccc2)c2ccccc2)C1=O.NC(N)=NCCC[C@@H]1N[C@H](CNC(=O)c2cc3ccccc3[nH]2)CCN(CC(c2ccccc2)c2ccccc2)C1=O. The predicted octanol–water partition coefficient (Wildman–Crippen LogP) is 10.6. The Morgan fingerprint density at radius 2 is 0.736 bits per heavy atom. The topological polar surface area (TPSA) is 393 Å². The highest BCUT2D eigenvalue weighted by atomic mass is 16.2. The van der Waals surface area contributed by atoms with E-state index in [-0.39, 0.29) is 101 Å². The van der Waals surface area contributed by atoms with Crippen LogP contribution in [0.5, 0.6) is 0 Å². The van der Waals surface area contributed by atoms with Crippen LogP contribution in [0.15, 0.2) is 294 Å². The molecule has 0 bridgehead atoms. The molecule has 3 fully saturated rings. The van der Waals surface area contributed by atoms with Gasteiger partial charge in [-0.1, -0.05) is 267 Å². The van der Waals surface area contributed by atoms with Crippen LogP contribution in [0.1, 0.15) is 143 Å². The van der Waals surface area contributed by atoms with E-state index in [1.54, 1.807) is 0 Å². The van der Waals surface area contributed by atoms with Gasteiger partial charge in [0.2, 0.25) is 29.5 Å². The second-order valence-electron chi connectivity index (χ2n) is 34.0. The van der Waals surface area contributed by atoms with Gasteiger partial charge in [-0.25, -0.2) is 0 Å². The van der Waals surface area contributed by atoms with Gasteiger partial charge in [0.15, 0.2) is 17.9 Å². The third-order valence-corrected chi connectivity index (χ3v) is 24.9. The van der Waals surface area contributed by atoms with E-state index < -0.39 is 12.1 Å². The van der Waals surface area contributed by atoms with Gasteiger partial charge in [-0.2, -0.15) is 0 Å². The molecule has 7 atom stereocenters. The van der Waals surface area contributed by atoms with E-state index in [1.807, 2.05) is 178 Å². The molecule has 19 N–H and O–H groups in total. The lowest BCUT2D eigenvalue weighted by Gasteiger charge is -2.29. The number of hydrogen-bond donors (Lipinski definition) is 13. The van der Waals surface area contributed by atoms with Gasteiger partial charge in [-0.3, -0.25) is 43.7 Å². The van der Waals surface area contributed by atoms with E-state index >= 15 is 0 Å². The van der Waals surface area contributed by atoms with Gasteiger partial charge in [0.25, 0.3) is 5.91 Å². The summed E-state index contributed by atoms with van der Waals surface area (Å²) in [5, 5.41) is 23.4. The predicted molar refractivity (Wildman–Crippen MR) is 516 cm³/mol. The summed E-state index contributed by atoms with van der Waals surface area (Å²) in [4.78, 5) is 103. The van der Waals surface area contributed by atoms with Crippen molar-refractivity contribution in [1.82, 2.24) is 51.6 Å². The number of benzene rings is 10. The largest absolute Gasteiger partial charge is 0.370 e. The molecule has 3 aliphatic heterocycles. The highest BCUT2D eigenvalue weighted by Crippen LogP contribution is 2.33. The molecule has 3 saturated heterocycles. The Labute approximate surface area is 757 Å². The fourth-order valence-corrected chi connectivity index (χ4v) is 18.0. The van der Waals surface area contributed by atoms with Crippen molar-refractivity contribution in [2.24, 2.45) is 55.3 Å². The van der Waals surface area contributed by atoms with Crippen LogP contribution < -0.4 is 66.3 Å². The van der Waals surface area contributed by atoms with Crippen LogP contribution in [0.3, 0.4) is 0 Å². The number of guanidine groups is 3. The number of nitrogens with one attached hydrogen (secondary N) is 7. The average molecular weight is 1740 g/mol. The Kier molecular flexibility index (Phi) is 34.6. The second kappa shape index (κ2) is 47.9. The fraction of sp³-hybridized carbons (Fsp3) is 0.337. The van der Waals surface area contributed by atoms with E-state index in [2.05, 4.69) is 167 Å². The van der Waals surface area contributed by atoms with E-state index in [9.17, 15) is 28.8 Å². The first-order chi connectivity index (χ1) is 62.9. The summed E-state index contributed by atoms with van der Waals surface area (Å²) in [7, 11) is 0. The molecule has 6 amide bonds. The molecule has 4 aliphatic rings. The molecule has 1 aliphatic carbocycles. The van der Waals surface area contributed by atoms with Crippen molar-refractivity contribution in [3.63, 3.8) is 0 Å². The molecule has 0 saturated carbocycles. The van der Waals surface area contributed by atoms with Gasteiger partial charge >= 0.3 is 0 Å². The van der Waals surface area contributed by atoms with Gasteiger partial charge in [0.05, 0.1) is 24.5 Å². The van der Waals surface area contributed by atoms with Crippen LogP contribution in [-0.2, 0) is 43.2 Å². The summed E-state index contributed by atoms with van der Waals surface area (Å²) in [6.07, 6.45) is 8.84. The molecule has 129 heavy (non-hydrogen) atoms. The Balaban J connectivity index is 0.000000165. The van der Waals surface area contributed by atoms with Gasteiger partial charge in [0.1, 0.15) is 5.69 Å². The molecule has 10 aromatic carbocycles. The van der Waals surface area contributed by atoms with Crippen LogP contribution in [0.4, 0.5) is 0 Å². The van der Waals surface area contributed by atoms with Crippen molar-refractivity contribution >= 4 is 75.0 Å². The Hall–Kier alpha value is -13.5. The molecule has 672 valence electrons. The molecule has 11 aromatic rings. The van der Waals surface area contributed by atoms with Crippen molar-refractivity contribution < 1.29 is 28.8 Å². The molecular formula is C104H125N19O6. The van der Waals surface area contributed by atoms with Crippen LogP contribution >= 0.6 is 0 Å².